The lowest BCUT2D eigenvalue weighted by atomic mass is 10.0. The van der Waals surface area contributed by atoms with Crippen LogP contribution in [0.25, 0.3) is 10.8 Å². The van der Waals surface area contributed by atoms with Gasteiger partial charge in [-0.1, -0.05) is 18.2 Å². The van der Waals surface area contributed by atoms with E-state index in [1.807, 2.05) is 30.3 Å². The van der Waals surface area contributed by atoms with E-state index >= 15 is 0 Å². The number of halogens is 1. The Morgan fingerprint density at radius 1 is 1.00 bits per heavy atom. The van der Waals surface area contributed by atoms with Gasteiger partial charge < -0.3 is 15.0 Å². The molecule has 0 atom stereocenters. The highest BCUT2D eigenvalue weighted by molar-refractivity contribution is 6.01. The number of fused-ring (bicyclic) bond motifs is 3. The summed E-state index contributed by atoms with van der Waals surface area (Å²) in [5.41, 5.74) is 3.02. The predicted octanol–water partition coefficient (Wildman–Crippen LogP) is 4.30. The van der Waals surface area contributed by atoms with Crippen molar-refractivity contribution in [3.63, 3.8) is 0 Å². The summed E-state index contributed by atoms with van der Waals surface area (Å²) < 4.78 is 19.5. The number of amides is 1. The number of hydrogen-bond donors (Lipinski definition) is 1. The maximum absolute atomic E-state index is 13.6. The molecule has 3 aromatic rings. The molecule has 2 aliphatic heterocycles. The SMILES string of the molecule is O=C1NC2(CC2)c2ccc(OCCCN3CCN(c4cccc5cc(F)ccc45)CC3)cc21. The molecule has 1 N–H and O–H groups in total. The Labute approximate surface area is 193 Å². The summed E-state index contributed by atoms with van der Waals surface area (Å²) in [6, 6.07) is 17.1. The largest absolute Gasteiger partial charge is 0.494 e. The van der Waals surface area contributed by atoms with E-state index in [1.165, 1.54) is 5.69 Å². The molecule has 0 aromatic heterocycles. The van der Waals surface area contributed by atoms with Crippen LogP contribution in [0.2, 0.25) is 0 Å². The van der Waals surface area contributed by atoms with Crippen molar-refractivity contribution in [3.05, 3.63) is 71.5 Å². The highest BCUT2D eigenvalue weighted by Gasteiger charge is 2.52. The second-order valence-corrected chi connectivity index (χ2v) is 9.42. The standard InChI is InChI=1S/C27H28FN3O2/c28-20-5-7-22-19(17-20)3-1-4-25(22)31-14-12-30(13-15-31)11-2-16-33-21-6-8-24-23(18-21)26(32)29-27(24)9-10-27/h1,3-8,17-18H,2,9-16H2,(H,29,32). The lowest BCUT2D eigenvalue weighted by Gasteiger charge is -2.36. The van der Waals surface area contributed by atoms with E-state index in [1.54, 1.807) is 12.1 Å². The summed E-state index contributed by atoms with van der Waals surface area (Å²) in [5.74, 6) is 0.614. The Balaban J connectivity index is 0.995. The van der Waals surface area contributed by atoms with Crippen molar-refractivity contribution in [1.82, 2.24) is 10.2 Å². The third kappa shape index (κ3) is 3.82. The zero-order chi connectivity index (χ0) is 22.4. The molecule has 1 aliphatic carbocycles. The fourth-order valence-corrected chi connectivity index (χ4v) is 5.29. The molecule has 2 fully saturated rings. The number of carbonyl (C=O) groups is 1. The molecule has 1 amide bonds. The number of nitrogens with one attached hydrogen (secondary N) is 1. The quantitative estimate of drug-likeness (QED) is 0.575. The van der Waals surface area contributed by atoms with Crippen LogP contribution in [0.4, 0.5) is 10.1 Å². The molecular formula is C27H28FN3O2. The van der Waals surface area contributed by atoms with Gasteiger partial charge in [0.05, 0.1) is 12.1 Å². The molecule has 6 heteroatoms. The maximum atomic E-state index is 13.6. The number of nitrogens with zero attached hydrogens (tertiary/aromatic N) is 2. The first-order valence-corrected chi connectivity index (χ1v) is 11.9. The summed E-state index contributed by atoms with van der Waals surface area (Å²) in [6.07, 6.45) is 3.03. The molecule has 0 radical (unpaired) electrons. The molecule has 2 heterocycles. The van der Waals surface area contributed by atoms with Gasteiger partial charge >= 0.3 is 0 Å². The van der Waals surface area contributed by atoms with E-state index < -0.39 is 0 Å². The van der Waals surface area contributed by atoms with Gasteiger partial charge in [0.2, 0.25) is 0 Å². The highest BCUT2D eigenvalue weighted by Crippen LogP contribution is 2.50. The molecular weight excluding hydrogens is 417 g/mol. The van der Waals surface area contributed by atoms with Gasteiger partial charge in [-0.2, -0.15) is 0 Å². The van der Waals surface area contributed by atoms with E-state index in [4.69, 9.17) is 4.74 Å². The number of hydrogen-bond acceptors (Lipinski definition) is 4. The van der Waals surface area contributed by atoms with Gasteiger partial charge in [-0.25, -0.2) is 4.39 Å². The first kappa shape index (κ1) is 20.5. The summed E-state index contributed by atoms with van der Waals surface area (Å²) in [7, 11) is 0. The van der Waals surface area contributed by atoms with E-state index in [0.717, 1.165) is 79.6 Å². The van der Waals surface area contributed by atoms with Gasteiger partial charge in [0, 0.05) is 49.4 Å². The minimum Gasteiger partial charge on any atom is -0.494 e. The van der Waals surface area contributed by atoms with Gasteiger partial charge in [0.15, 0.2) is 0 Å². The lowest BCUT2D eigenvalue weighted by Crippen LogP contribution is -2.46. The van der Waals surface area contributed by atoms with Crippen LogP contribution in [0.1, 0.15) is 35.2 Å². The monoisotopic (exact) mass is 445 g/mol. The molecule has 1 saturated heterocycles. The summed E-state index contributed by atoms with van der Waals surface area (Å²) >= 11 is 0. The normalized spacial score (nSPS) is 19.1. The minimum atomic E-state index is -0.193. The predicted molar refractivity (Wildman–Crippen MR) is 127 cm³/mol. The van der Waals surface area contributed by atoms with Gasteiger partial charge in [0.1, 0.15) is 11.6 Å². The molecule has 6 rings (SSSR count). The molecule has 3 aliphatic rings. The Kier molecular flexibility index (Phi) is 4.98. The Bertz CT molecular complexity index is 1220. The summed E-state index contributed by atoms with van der Waals surface area (Å²) in [6.45, 7) is 5.54. The van der Waals surface area contributed by atoms with Crippen molar-refractivity contribution < 1.29 is 13.9 Å². The van der Waals surface area contributed by atoms with Crippen molar-refractivity contribution in [2.75, 3.05) is 44.2 Å². The molecule has 170 valence electrons. The van der Waals surface area contributed by atoms with Crippen molar-refractivity contribution in [3.8, 4) is 5.75 Å². The number of anilines is 1. The first-order valence-electron chi connectivity index (χ1n) is 11.9. The fourth-order valence-electron chi connectivity index (χ4n) is 5.29. The molecule has 0 bridgehead atoms. The number of benzene rings is 3. The molecule has 5 nitrogen and oxygen atoms in total. The van der Waals surface area contributed by atoms with Crippen molar-refractivity contribution >= 4 is 22.4 Å². The number of carbonyl (C=O) groups excluding carboxylic acids is 1. The van der Waals surface area contributed by atoms with Crippen molar-refractivity contribution in [1.29, 1.82) is 0 Å². The third-order valence-corrected chi connectivity index (χ3v) is 7.27. The average molecular weight is 446 g/mol. The van der Waals surface area contributed by atoms with Crippen LogP contribution >= 0.6 is 0 Å². The Hall–Kier alpha value is -3.12. The number of rotatable bonds is 6. The molecule has 1 saturated carbocycles. The third-order valence-electron chi connectivity index (χ3n) is 7.27. The fraction of sp³-hybridized carbons (Fsp3) is 0.370. The van der Waals surface area contributed by atoms with Crippen LogP contribution in [0.15, 0.2) is 54.6 Å². The molecule has 0 unspecified atom stereocenters. The second kappa shape index (κ2) is 8.03. The zero-order valence-corrected chi connectivity index (χ0v) is 18.6. The van der Waals surface area contributed by atoms with E-state index in [0.29, 0.717) is 6.61 Å². The Morgan fingerprint density at radius 3 is 2.67 bits per heavy atom. The van der Waals surface area contributed by atoms with Gasteiger partial charge in [-0.3, -0.25) is 9.69 Å². The van der Waals surface area contributed by atoms with Crippen LogP contribution in [-0.4, -0.2) is 50.1 Å². The van der Waals surface area contributed by atoms with Crippen LogP contribution in [0, 0.1) is 5.82 Å². The molecule has 1 spiro atoms. The highest BCUT2D eigenvalue weighted by atomic mass is 19.1. The maximum Gasteiger partial charge on any atom is 0.252 e. The van der Waals surface area contributed by atoms with Crippen LogP contribution in [0.5, 0.6) is 5.75 Å². The van der Waals surface area contributed by atoms with Crippen molar-refractivity contribution in [2.45, 2.75) is 24.8 Å². The van der Waals surface area contributed by atoms with Crippen molar-refractivity contribution in [2.24, 2.45) is 0 Å². The first-order chi connectivity index (χ1) is 16.1. The van der Waals surface area contributed by atoms with E-state index in [2.05, 4.69) is 27.2 Å². The topological polar surface area (TPSA) is 44.8 Å². The minimum absolute atomic E-state index is 0.0298. The van der Waals surface area contributed by atoms with Crippen LogP contribution in [0.3, 0.4) is 0 Å². The zero-order valence-electron chi connectivity index (χ0n) is 18.6. The van der Waals surface area contributed by atoms with Gasteiger partial charge in [0.25, 0.3) is 5.91 Å². The number of piperazine rings is 1. The smallest absolute Gasteiger partial charge is 0.252 e. The van der Waals surface area contributed by atoms with Crippen LogP contribution in [-0.2, 0) is 5.54 Å². The average Bonchev–Trinajstić information content (AvgIpc) is 3.56. The van der Waals surface area contributed by atoms with E-state index in [9.17, 15) is 9.18 Å². The molecule has 33 heavy (non-hydrogen) atoms. The summed E-state index contributed by atoms with van der Waals surface area (Å²) in [4.78, 5) is 17.1. The van der Waals surface area contributed by atoms with Crippen LogP contribution < -0.4 is 15.0 Å². The molecule has 3 aromatic carbocycles. The number of ether oxygens (including phenoxy) is 1. The lowest BCUT2D eigenvalue weighted by molar-refractivity contribution is 0.0952. The van der Waals surface area contributed by atoms with Gasteiger partial charge in [-0.15, -0.1) is 0 Å². The Morgan fingerprint density at radius 2 is 1.85 bits per heavy atom. The second-order valence-electron chi connectivity index (χ2n) is 9.42. The summed E-state index contributed by atoms with van der Waals surface area (Å²) in [5, 5.41) is 5.17. The van der Waals surface area contributed by atoms with E-state index in [-0.39, 0.29) is 17.3 Å². The van der Waals surface area contributed by atoms with Gasteiger partial charge in [-0.05, 0) is 66.6 Å².